The quantitative estimate of drug-likeness (QED) is 0.896. The van der Waals surface area contributed by atoms with Crippen LogP contribution in [-0.2, 0) is 4.74 Å². The Bertz CT molecular complexity index is 752. The zero-order chi connectivity index (χ0) is 17.8. The fourth-order valence-electron chi connectivity index (χ4n) is 3.03. The molecule has 0 saturated carbocycles. The summed E-state index contributed by atoms with van der Waals surface area (Å²) in [5.74, 6) is -1.23. The predicted octanol–water partition coefficient (Wildman–Crippen LogP) is 3.34. The number of amides is 1. The smallest absolute Gasteiger partial charge is 0.335 e. The van der Waals surface area contributed by atoms with Crippen LogP contribution in [0.1, 0.15) is 50.8 Å². The first-order valence-electron chi connectivity index (χ1n) is 8.37. The normalized spacial score (nSPS) is 20.0. The van der Waals surface area contributed by atoms with Crippen LogP contribution in [0.2, 0.25) is 0 Å². The van der Waals surface area contributed by atoms with E-state index in [2.05, 4.69) is 5.32 Å². The Labute approximate surface area is 146 Å². The molecule has 130 valence electrons. The maximum Gasteiger partial charge on any atom is 0.335 e. The van der Waals surface area contributed by atoms with E-state index in [4.69, 9.17) is 9.84 Å². The summed E-state index contributed by atoms with van der Waals surface area (Å²) in [6.07, 6.45) is 1.57. The Morgan fingerprint density at radius 1 is 1.04 bits per heavy atom. The van der Waals surface area contributed by atoms with Crippen LogP contribution in [0, 0.1) is 6.92 Å². The molecular formula is C20H21NO4. The average Bonchev–Trinajstić information content (AvgIpc) is 2.63. The molecule has 0 bridgehead atoms. The molecule has 0 spiro atoms. The molecule has 25 heavy (non-hydrogen) atoms. The highest BCUT2D eigenvalue weighted by atomic mass is 16.5. The van der Waals surface area contributed by atoms with Gasteiger partial charge in [-0.25, -0.2) is 4.79 Å². The molecule has 1 heterocycles. The fourth-order valence-corrected chi connectivity index (χ4v) is 3.03. The van der Waals surface area contributed by atoms with Crippen molar-refractivity contribution in [1.29, 1.82) is 0 Å². The molecule has 1 aliphatic rings. The summed E-state index contributed by atoms with van der Waals surface area (Å²) < 4.78 is 5.91. The number of rotatable bonds is 4. The topological polar surface area (TPSA) is 75.6 Å². The number of hydrogen-bond donors (Lipinski definition) is 2. The summed E-state index contributed by atoms with van der Waals surface area (Å²) in [4.78, 5) is 23.4. The lowest BCUT2D eigenvalue weighted by atomic mass is 9.95. The van der Waals surface area contributed by atoms with E-state index in [0.717, 1.165) is 18.4 Å². The predicted molar refractivity (Wildman–Crippen MR) is 93.8 cm³/mol. The lowest BCUT2D eigenvalue weighted by molar-refractivity contribution is -0.00946. The van der Waals surface area contributed by atoms with Gasteiger partial charge >= 0.3 is 5.97 Å². The van der Waals surface area contributed by atoms with Gasteiger partial charge in [-0.2, -0.15) is 0 Å². The molecule has 0 aliphatic carbocycles. The van der Waals surface area contributed by atoms with E-state index in [1.807, 2.05) is 31.2 Å². The summed E-state index contributed by atoms with van der Waals surface area (Å²) >= 11 is 0. The molecule has 5 nitrogen and oxygen atoms in total. The van der Waals surface area contributed by atoms with E-state index in [1.165, 1.54) is 29.8 Å². The van der Waals surface area contributed by atoms with Gasteiger partial charge in [-0.3, -0.25) is 4.79 Å². The minimum atomic E-state index is -1.01. The molecule has 2 aromatic carbocycles. The molecule has 2 aromatic rings. The monoisotopic (exact) mass is 339 g/mol. The van der Waals surface area contributed by atoms with Gasteiger partial charge in [-0.05, 0) is 49.6 Å². The van der Waals surface area contributed by atoms with E-state index in [1.54, 1.807) is 0 Å². The molecule has 2 N–H and O–H groups in total. The number of benzene rings is 2. The zero-order valence-electron chi connectivity index (χ0n) is 14.1. The molecule has 2 atom stereocenters. The number of ether oxygens (including phenoxy) is 1. The number of aryl methyl sites for hydroxylation is 1. The van der Waals surface area contributed by atoms with Gasteiger partial charge in [0.1, 0.15) is 6.10 Å². The van der Waals surface area contributed by atoms with Gasteiger partial charge in [0.25, 0.3) is 5.91 Å². The Balaban J connectivity index is 1.73. The molecule has 5 heteroatoms. The van der Waals surface area contributed by atoms with Crippen molar-refractivity contribution in [3.63, 3.8) is 0 Å². The van der Waals surface area contributed by atoms with E-state index in [0.29, 0.717) is 12.2 Å². The maximum absolute atomic E-state index is 12.5. The molecule has 0 radical (unpaired) electrons. The third-order valence-corrected chi connectivity index (χ3v) is 4.44. The Morgan fingerprint density at radius 2 is 1.68 bits per heavy atom. The third kappa shape index (κ3) is 4.06. The van der Waals surface area contributed by atoms with E-state index in [9.17, 15) is 9.59 Å². The Hall–Kier alpha value is -2.66. The number of hydrogen-bond acceptors (Lipinski definition) is 3. The number of nitrogens with one attached hydrogen (secondary N) is 1. The van der Waals surface area contributed by atoms with Crippen molar-refractivity contribution in [1.82, 2.24) is 5.32 Å². The van der Waals surface area contributed by atoms with Crippen molar-refractivity contribution < 1.29 is 19.4 Å². The standard InChI is InChI=1S/C20H21NO4/c1-13-4-6-14(7-5-13)18-17(3-2-12-25-18)21-19(22)15-8-10-16(11-9-15)20(23)24/h4-11,17-18H,2-3,12H2,1H3,(H,21,22)(H,23,24). The first kappa shape index (κ1) is 17.2. The second-order valence-electron chi connectivity index (χ2n) is 6.31. The molecule has 1 amide bonds. The summed E-state index contributed by atoms with van der Waals surface area (Å²) in [6.45, 7) is 2.71. The van der Waals surface area contributed by atoms with Gasteiger partial charge in [0, 0.05) is 12.2 Å². The van der Waals surface area contributed by atoms with E-state index >= 15 is 0 Å². The first-order chi connectivity index (χ1) is 12.0. The van der Waals surface area contributed by atoms with Crippen LogP contribution in [0.3, 0.4) is 0 Å². The maximum atomic E-state index is 12.5. The van der Waals surface area contributed by atoms with Crippen molar-refractivity contribution in [3.8, 4) is 0 Å². The molecule has 0 aromatic heterocycles. The second-order valence-corrected chi connectivity index (χ2v) is 6.31. The highest BCUT2D eigenvalue weighted by Crippen LogP contribution is 2.29. The number of carbonyl (C=O) groups excluding carboxylic acids is 1. The van der Waals surface area contributed by atoms with Crippen LogP contribution >= 0.6 is 0 Å². The molecule has 1 saturated heterocycles. The lowest BCUT2D eigenvalue weighted by Crippen LogP contribution is -2.42. The van der Waals surface area contributed by atoms with Crippen LogP contribution in [0.4, 0.5) is 0 Å². The van der Waals surface area contributed by atoms with Crippen LogP contribution in [0.5, 0.6) is 0 Å². The van der Waals surface area contributed by atoms with Gasteiger partial charge in [0.2, 0.25) is 0 Å². The van der Waals surface area contributed by atoms with Crippen LogP contribution in [0.15, 0.2) is 48.5 Å². The number of carboxylic acid groups (broad SMARTS) is 1. The van der Waals surface area contributed by atoms with Gasteiger partial charge in [0.05, 0.1) is 11.6 Å². The SMILES string of the molecule is Cc1ccc(C2OCCCC2NC(=O)c2ccc(C(=O)O)cc2)cc1. The fraction of sp³-hybridized carbons (Fsp3) is 0.300. The van der Waals surface area contributed by atoms with Crippen LogP contribution in [-0.4, -0.2) is 29.6 Å². The van der Waals surface area contributed by atoms with E-state index in [-0.39, 0.29) is 23.6 Å². The summed E-state index contributed by atoms with van der Waals surface area (Å²) in [7, 11) is 0. The lowest BCUT2D eigenvalue weighted by Gasteiger charge is -2.32. The largest absolute Gasteiger partial charge is 0.478 e. The Morgan fingerprint density at radius 3 is 2.32 bits per heavy atom. The summed E-state index contributed by atoms with van der Waals surface area (Å²) in [6, 6.07) is 14.0. The average molecular weight is 339 g/mol. The molecule has 3 rings (SSSR count). The Kier molecular flexibility index (Phi) is 5.14. The molecule has 1 aliphatic heterocycles. The van der Waals surface area contributed by atoms with E-state index < -0.39 is 5.97 Å². The third-order valence-electron chi connectivity index (χ3n) is 4.44. The van der Waals surface area contributed by atoms with Gasteiger partial charge in [0.15, 0.2) is 0 Å². The first-order valence-corrected chi connectivity index (χ1v) is 8.37. The van der Waals surface area contributed by atoms with Crippen molar-refractivity contribution >= 4 is 11.9 Å². The van der Waals surface area contributed by atoms with Gasteiger partial charge in [-0.1, -0.05) is 29.8 Å². The molecule has 2 unspecified atom stereocenters. The molecule has 1 fully saturated rings. The van der Waals surface area contributed by atoms with Crippen LogP contribution in [0.25, 0.3) is 0 Å². The van der Waals surface area contributed by atoms with Crippen molar-refractivity contribution in [2.24, 2.45) is 0 Å². The second kappa shape index (κ2) is 7.49. The van der Waals surface area contributed by atoms with Crippen molar-refractivity contribution in [3.05, 3.63) is 70.8 Å². The van der Waals surface area contributed by atoms with Crippen molar-refractivity contribution in [2.75, 3.05) is 6.61 Å². The number of aromatic carboxylic acids is 1. The van der Waals surface area contributed by atoms with Gasteiger partial charge < -0.3 is 15.2 Å². The molecular weight excluding hydrogens is 318 g/mol. The summed E-state index contributed by atoms with van der Waals surface area (Å²) in [5, 5.41) is 12.0. The summed E-state index contributed by atoms with van der Waals surface area (Å²) in [5.41, 5.74) is 2.84. The van der Waals surface area contributed by atoms with Crippen molar-refractivity contribution in [2.45, 2.75) is 31.9 Å². The highest BCUT2D eigenvalue weighted by Gasteiger charge is 2.29. The number of carboxylic acids is 1. The zero-order valence-corrected chi connectivity index (χ0v) is 14.1. The minimum absolute atomic E-state index is 0.108. The van der Waals surface area contributed by atoms with Gasteiger partial charge in [-0.15, -0.1) is 0 Å². The number of carbonyl (C=O) groups is 2. The highest BCUT2D eigenvalue weighted by molar-refractivity contribution is 5.96. The van der Waals surface area contributed by atoms with Crippen LogP contribution < -0.4 is 5.32 Å². The minimum Gasteiger partial charge on any atom is -0.478 e.